The number of amides is 2. The minimum atomic E-state index is -0.888. The van der Waals surface area contributed by atoms with Gasteiger partial charge >= 0.3 is 0 Å². The van der Waals surface area contributed by atoms with Crippen molar-refractivity contribution in [1.82, 2.24) is 10.2 Å². The second-order valence-electron chi connectivity index (χ2n) is 7.69. The molecular weight excluding hydrogens is 385 g/mol. The molecule has 0 radical (unpaired) electrons. The molecule has 0 aromatic heterocycles. The standard InChI is InChI=1S/C23H26FN3O3/c1-16(2)13-25-22(28)15-27(14-17-8-4-3-5-9-17)23(29)21-12-20(26-30-21)18-10-6-7-11-19(18)24/h3-11,16,21H,12-15H2,1-2H3,(H,25,28). The Hall–Kier alpha value is -3.22. The first-order valence-electron chi connectivity index (χ1n) is 10.0. The number of oxime groups is 1. The number of carbonyl (C=O) groups is 2. The molecule has 1 aliphatic heterocycles. The SMILES string of the molecule is CC(C)CNC(=O)CN(Cc1ccccc1)C(=O)C1CC(c2ccccc2F)=NO1. The molecule has 0 bridgehead atoms. The van der Waals surface area contributed by atoms with Crippen LogP contribution in [0.2, 0.25) is 0 Å². The van der Waals surface area contributed by atoms with Crippen molar-refractivity contribution in [3.63, 3.8) is 0 Å². The molecule has 2 amide bonds. The van der Waals surface area contributed by atoms with Crippen LogP contribution < -0.4 is 5.32 Å². The lowest BCUT2D eigenvalue weighted by Crippen LogP contribution is -2.45. The number of nitrogens with zero attached hydrogens (tertiary/aromatic N) is 2. The zero-order valence-corrected chi connectivity index (χ0v) is 17.2. The third-order valence-electron chi connectivity index (χ3n) is 4.70. The Morgan fingerprint density at radius 2 is 1.87 bits per heavy atom. The summed E-state index contributed by atoms with van der Waals surface area (Å²) in [6.45, 7) is 4.72. The monoisotopic (exact) mass is 411 g/mol. The second kappa shape index (κ2) is 10.0. The van der Waals surface area contributed by atoms with Crippen LogP contribution in [0.3, 0.4) is 0 Å². The summed E-state index contributed by atoms with van der Waals surface area (Å²) in [4.78, 5) is 32.3. The lowest BCUT2D eigenvalue weighted by atomic mass is 10.0. The van der Waals surface area contributed by atoms with Gasteiger partial charge in [0, 0.05) is 25.1 Å². The third kappa shape index (κ3) is 5.65. The van der Waals surface area contributed by atoms with E-state index in [9.17, 15) is 14.0 Å². The van der Waals surface area contributed by atoms with Crippen LogP contribution in [-0.4, -0.2) is 41.6 Å². The number of rotatable bonds is 8. The van der Waals surface area contributed by atoms with E-state index in [2.05, 4.69) is 10.5 Å². The van der Waals surface area contributed by atoms with Crippen molar-refractivity contribution in [2.45, 2.75) is 32.9 Å². The van der Waals surface area contributed by atoms with E-state index in [1.165, 1.54) is 11.0 Å². The fourth-order valence-electron chi connectivity index (χ4n) is 3.13. The highest BCUT2D eigenvalue weighted by atomic mass is 19.1. The highest BCUT2D eigenvalue weighted by Gasteiger charge is 2.34. The van der Waals surface area contributed by atoms with E-state index in [0.29, 0.717) is 23.7 Å². The molecule has 0 fully saturated rings. The van der Waals surface area contributed by atoms with Gasteiger partial charge in [0.1, 0.15) is 5.82 Å². The molecule has 3 rings (SSSR count). The summed E-state index contributed by atoms with van der Waals surface area (Å²) in [7, 11) is 0. The maximum atomic E-state index is 14.1. The number of hydrogen-bond acceptors (Lipinski definition) is 4. The number of carbonyl (C=O) groups excluding carboxylic acids is 2. The van der Waals surface area contributed by atoms with Gasteiger partial charge in [0.15, 0.2) is 0 Å². The fraction of sp³-hybridized carbons (Fsp3) is 0.348. The molecule has 1 N–H and O–H groups in total. The quantitative estimate of drug-likeness (QED) is 0.726. The topological polar surface area (TPSA) is 71.0 Å². The van der Waals surface area contributed by atoms with E-state index in [1.807, 2.05) is 44.2 Å². The first kappa shape index (κ1) is 21.5. The van der Waals surface area contributed by atoms with Gasteiger partial charge in [0.25, 0.3) is 5.91 Å². The Kier molecular flexibility index (Phi) is 7.17. The Bertz CT molecular complexity index is 915. The summed E-state index contributed by atoms with van der Waals surface area (Å²) in [6, 6.07) is 15.7. The molecule has 0 saturated heterocycles. The Morgan fingerprint density at radius 1 is 1.17 bits per heavy atom. The summed E-state index contributed by atoms with van der Waals surface area (Å²) in [6.07, 6.45) is -0.736. The van der Waals surface area contributed by atoms with E-state index < -0.39 is 11.9 Å². The molecule has 1 heterocycles. The van der Waals surface area contributed by atoms with Crippen molar-refractivity contribution in [2.75, 3.05) is 13.1 Å². The van der Waals surface area contributed by atoms with Crippen LogP contribution in [0.25, 0.3) is 0 Å². The molecule has 30 heavy (non-hydrogen) atoms. The van der Waals surface area contributed by atoms with Crippen molar-refractivity contribution in [1.29, 1.82) is 0 Å². The van der Waals surface area contributed by atoms with Gasteiger partial charge in [0.2, 0.25) is 12.0 Å². The highest BCUT2D eigenvalue weighted by molar-refractivity contribution is 6.04. The normalized spacial score (nSPS) is 15.5. The van der Waals surface area contributed by atoms with Gasteiger partial charge in [-0.15, -0.1) is 0 Å². The summed E-state index contributed by atoms with van der Waals surface area (Å²) in [5.74, 6) is -0.695. The minimum absolute atomic E-state index is 0.0880. The summed E-state index contributed by atoms with van der Waals surface area (Å²) in [5, 5.41) is 6.76. The average molecular weight is 411 g/mol. The Morgan fingerprint density at radius 3 is 2.57 bits per heavy atom. The largest absolute Gasteiger partial charge is 0.382 e. The molecule has 2 aromatic rings. The van der Waals surface area contributed by atoms with Gasteiger partial charge in [-0.05, 0) is 17.5 Å². The third-order valence-corrected chi connectivity index (χ3v) is 4.70. The fourth-order valence-corrected chi connectivity index (χ4v) is 3.13. The lowest BCUT2D eigenvalue weighted by Gasteiger charge is -2.24. The van der Waals surface area contributed by atoms with E-state index in [-0.39, 0.29) is 31.3 Å². The van der Waals surface area contributed by atoms with Crippen LogP contribution in [0.4, 0.5) is 4.39 Å². The summed E-state index contributed by atoms with van der Waals surface area (Å²) in [5.41, 5.74) is 1.60. The van der Waals surface area contributed by atoms with E-state index in [1.54, 1.807) is 18.2 Å². The molecule has 6 nitrogen and oxygen atoms in total. The second-order valence-corrected chi connectivity index (χ2v) is 7.69. The number of nitrogens with one attached hydrogen (secondary N) is 1. The van der Waals surface area contributed by atoms with Gasteiger partial charge < -0.3 is 15.1 Å². The maximum Gasteiger partial charge on any atom is 0.267 e. The smallest absolute Gasteiger partial charge is 0.267 e. The van der Waals surface area contributed by atoms with Crippen LogP contribution in [0.15, 0.2) is 59.8 Å². The average Bonchev–Trinajstić information content (AvgIpc) is 3.22. The molecule has 7 heteroatoms. The predicted octanol–water partition coefficient (Wildman–Crippen LogP) is 3.12. The van der Waals surface area contributed by atoms with Crippen LogP contribution in [0.1, 0.15) is 31.4 Å². The zero-order valence-electron chi connectivity index (χ0n) is 17.2. The molecule has 1 atom stereocenters. The summed E-state index contributed by atoms with van der Waals surface area (Å²) >= 11 is 0. The van der Waals surface area contributed by atoms with Crippen molar-refractivity contribution >= 4 is 17.5 Å². The first-order chi connectivity index (χ1) is 14.4. The molecule has 0 spiro atoms. The number of benzene rings is 2. The Labute approximate surface area is 175 Å². The molecule has 1 unspecified atom stereocenters. The zero-order chi connectivity index (χ0) is 21.5. The van der Waals surface area contributed by atoms with Crippen LogP contribution in [-0.2, 0) is 21.0 Å². The van der Waals surface area contributed by atoms with Gasteiger partial charge in [-0.1, -0.05) is 67.5 Å². The van der Waals surface area contributed by atoms with E-state index in [4.69, 9.17) is 4.84 Å². The number of halogens is 1. The molecule has 0 saturated carbocycles. The summed E-state index contributed by atoms with van der Waals surface area (Å²) < 4.78 is 14.1. The molecule has 1 aliphatic rings. The van der Waals surface area contributed by atoms with Gasteiger partial charge in [-0.3, -0.25) is 9.59 Å². The number of hydrogen-bond donors (Lipinski definition) is 1. The van der Waals surface area contributed by atoms with Gasteiger partial charge in [-0.25, -0.2) is 4.39 Å². The van der Waals surface area contributed by atoms with E-state index in [0.717, 1.165) is 5.56 Å². The molecule has 158 valence electrons. The van der Waals surface area contributed by atoms with Crippen LogP contribution in [0.5, 0.6) is 0 Å². The molecule has 2 aromatic carbocycles. The van der Waals surface area contributed by atoms with Crippen LogP contribution in [0, 0.1) is 11.7 Å². The predicted molar refractivity (Wildman–Crippen MR) is 112 cm³/mol. The minimum Gasteiger partial charge on any atom is -0.382 e. The van der Waals surface area contributed by atoms with Crippen molar-refractivity contribution in [3.05, 3.63) is 71.5 Å². The lowest BCUT2D eigenvalue weighted by molar-refractivity contribution is -0.145. The van der Waals surface area contributed by atoms with E-state index >= 15 is 0 Å². The van der Waals surface area contributed by atoms with Crippen LogP contribution >= 0.6 is 0 Å². The Balaban J connectivity index is 1.70. The highest BCUT2D eigenvalue weighted by Crippen LogP contribution is 2.21. The van der Waals surface area contributed by atoms with Crippen molar-refractivity contribution < 1.29 is 18.8 Å². The van der Waals surface area contributed by atoms with Crippen molar-refractivity contribution in [3.8, 4) is 0 Å². The molecule has 0 aliphatic carbocycles. The first-order valence-corrected chi connectivity index (χ1v) is 10.0. The van der Waals surface area contributed by atoms with Gasteiger partial charge in [0.05, 0.1) is 12.3 Å². The molecular formula is C23H26FN3O3. The van der Waals surface area contributed by atoms with Crippen molar-refractivity contribution in [2.24, 2.45) is 11.1 Å². The van der Waals surface area contributed by atoms with Gasteiger partial charge in [-0.2, -0.15) is 0 Å². The maximum absolute atomic E-state index is 14.1.